The van der Waals surface area contributed by atoms with Gasteiger partial charge in [0.1, 0.15) is 12.4 Å². The van der Waals surface area contributed by atoms with Gasteiger partial charge >= 0.3 is 0 Å². The molecule has 6 heteroatoms. The van der Waals surface area contributed by atoms with Crippen LogP contribution in [0.2, 0.25) is 5.02 Å². The molecule has 1 aromatic heterocycles. The van der Waals surface area contributed by atoms with Crippen LogP contribution in [0.5, 0.6) is 0 Å². The molecular weight excluding hydrogens is 420 g/mol. The monoisotopic (exact) mass is 442 g/mol. The van der Waals surface area contributed by atoms with Gasteiger partial charge in [-0.1, -0.05) is 66.2 Å². The highest BCUT2D eigenvalue weighted by atomic mass is 35.5. The highest BCUT2D eigenvalue weighted by molar-refractivity contribution is 6.30. The van der Waals surface area contributed by atoms with Crippen LogP contribution in [0.25, 0.3) is 11.3 Å². The average molecular weight is 443 g/mol. The van der Waals surface area contributed by atoms with Gasteiger partial charge in [0.15, 0.2) is 0 Å². The second kappa shape index (κ2) is 8.89. The Morgan fingerprint density at radius 3 is 2.50 bits per heavy atom. The first-order chi connectivity index (χ1) is 15.7. The molecule has 1 aliphatic rings. The van der Waals surface area contributed by atoms with Crippen molar-refractivity contribution in [3.05, 3.63) is 101 Å². The lowest BCUT2D eigenvalue weighted by atomic mass is 9.90. The lowest BCUT2D eigenvalue weighted by Gasteiger charge is -2.16. The van der Waals surface area contributed by atoms with Crippen molar-refractivity contribution in [3.63, 3.8) is 0 Å². The second-order valence-electron chi connectivity index (χ2n) is 7.88. The summed E-state index contributed by atoms with van der Waals surface area (Å²) in [4.78, 5) is 12.8. The van der Waals surface area contributed by atoms with E-state index in [1.807, 2.05) is 60.7 Å². The topological polar surface area (TPSA) is 59.0 Å². The molecule has 5 nitrogen and oxygen atoms in total. The summed E-state index contributed by atoms with van der Waals surface area (Å²) in [6, 6.07) is 25.8. The Balaban J connectivity index is 1.45. The molecule has 4 aromatic rings. The minimum absolute atomic E-state index is 0.0823. The van der Waals surface area contributed by atoms with Gasteiger partial charge in [-0.15, -0.1) is 0 Å². The number of aromatic nitrogens is 2. The number of hydrogen-bond donors (Lipinski definition) is 2. The van der Waals surface area contributed by atoms with Crippen LogP contribution in [-0.4, -0.2) is 15.7 Å². The number of amides is 1. The number of carbonyl (C=O) groups excluding carboxylic acids is 1. The Labute approximate surface area is 192 Å². The first-order valence-corrected chi connectivity index (χ1v) is 11.1. The van der Waals surface area contributed by atoms with Crippen molar-refractivity contribution >= 4 is 29.0 Å². The van der Waals surface area contributed by atoms with Crippen molar-refractivity contribution in [1.82, 2.24) is 15.1 Å². The van der Waals surface area contributed by atoms with Crippen LogP contribution < -0.4 is 10.6 Å². The summed E-state index contributed by atoms with van der Waals surface area (Å²) in [6.45, 7) is 0.626. The van der Waals surface area contributed by atoms with Crippen molar-refractivity contribution < 1.29 is 4.79 Å². The zero-order valence-corrected chi connectivity index (χ0v) is 18.3. The number of halogens is 1. The predicted molar refractivity (Wildman–Crippen MR) is 128 cm³/mol. The van der Waals surface area contributed by atoms with Crippen molar-refractivity contribution in [1.29, 1.82) is 0 Å². The van der Waals surface area contributed by atoms with Gasteiger partial charge < -0.3 is 10.6 Å². The molecule has 0 saturated heterocycles. The summed E-state index contributed by atoms with van der Waals surface area (Å²) in [5, 5.41) is 12.0. The smallest absolute Gasteiger partial charge is 0.242 e. The number of aryl methyl sites for hydroxylation is 1. The van der Waals surface area contributed by atoms with Crippen molar-refractivity contribution in [3.8, 4) is 11.3 Å². The highest BCUT2D eigenvalue weighted by Gasteiger charge is 2.25. The van der Waals surface area contributed by atoms with E-state index in [9.17, 15) is 4.79 Å². The van der Waals surface area contributed by atoms with Gasteiger partial charge in [-0.3, -0.25) is 4.79 Å². The second-order valence-corrected chi connectivity index (χ2v) is 8.32. The van der Waals surface area contributed by atoms with E-state index in [1.165, 1.54) is 5.56 Å². The van der Waals surface area contributed by atoms with Crippen molar-refractivity contribution in [2.75, 3.05) is 5.32 Å². The molecule has 0 fully saturated rings. The van der Waals surface area contributed by atoms with E-state index in [-0.39, 0.29) is 12.5 Å². The van der Waals surface area contributed by atoms with E-state index in [2.05, 4.69) is 28.8 Å². The molecule has 1 heterocycles. The van der Waals surface area contributed by atoms with Gasteiger partial charge in [0.2, 0.25) is 5.91 Å². The molecule has 0 radical (unpaired) electrons. The Bertz CT molecular complexity index is 1250. The van der Waals surface area contributed by atoms with E-state index in [0.29, 0.717) is 11.6 Å². The Hall–Kier alpha value is -3.57. The molecule has 0 atom stereocenters. The van der Waals surface area contributed by atoms with Gasteiger partial charge in [-0.25, -0.2) is 4.68 Å². The number of hydrogen-bond acceptors (Lipinski definition) is 3. The Morgan fingerprint density at radius 1 is 0.938 bits per heavy atom. The summed E-state index contributed by atoms with van der Waals surface area (Å²) in [6.07, 6.45) is 1.82. The standard InChI is InChI=1S/C26H23ClN4O/c27-20-11-13-21(14-12-20)29-26-23-15-10-19-8-4-5-9-22(19)25(23)30-31(26)17-24(32)28-16-18-6-2-1-3-7-18/h1-9,11-14,29H,10,15-17H2,(H,28,32). The van der Waals surface area contributed by atoms with Crippen LogP contribution in [0.4, 0.5) is 11.5 Å². The quantitative estimate of drug-likeness (QED) is 0.422. The lowest BCUT2D eigenvalue weighted by Crippen LogP contribution is -2.28. The van der Waals surface area contributed by atoms with Crippen LogP contribution in [0.3, 0.4) is 0 Å². The SMILES string of the molecule is O=C(Cn1nc2c(c1Nc1ccc(Cl)cc1)CCc1ccccc1-2)NCc1ccccc1. The molecule has 3 aromatic carbocycles. The number of carbonyl (C=O) groups is 1. The molecular formula is C26H23ClN4O. The average Bonchev–Trinajstić information content (AvgIpc) is 3.17. The van der Waals surface area contributed by atoms with E-state index in [4.69, 9.17) is 16.7 Å². The molecule has 5 rings (SSSR count). The van der Waals surface area contributed by atoms with Gasteiger partial charge in [0.25, 0.3) is 0 Å². The van der Waals surface area contributed by atoms with Crippen molar-refractivity contribution in [2.45, 2.75) is 25.9 Å². The number of anilines is 2. The molecule has 2 N–H and O–H groups in total. The molecule has 0 saturated carbocycles. The maximum absolute atomic E-state index is 12.8. The Morgan fingerprint density at radius 2 is 1.69 bits per heavy atom. The first-order valence-electron chi connectivity index (χ1n) is 10.7. The fraction of sp³-hybridized carbons (Fsp3) is 0.154. The zero-order valence-electron chi connectivity index (χ0n) is 17.5. The van der Waals surface area contributed by atoms with Crippen LogP contribution >= 0.6 is 11.6 Å². The van der Waals surface area contributed by atoms with E-state index < -0.39 is 0 Å². The van der Waals surface area contributed by atoms with Crippen LogP contribution in [0.1, 0.15) is 16.7 Å². The molecule has 0 bridgehead atoms. The summed E-state index contributed by atoms with van der Waals surface area (Å²) in [7, 11) is 0. The fourth-order valence-electron chi connectivity index (χ4n) is 4.09. The number of nitrogens with zero attached hydrogens (tertiary/aromatic N) is 2. The van der Waals surface area contributed by atoms with Gasteiger partial charge in [0.05, 0.1) is 5.69 Å². The third-order valence-electron chi connectivity index (χ3n) is 5.70. The van der Waals surface area contributed by atoms with Gasteiger partial charge in [-0.2, -0.15) is 5.10 Å². The molecule has 32 heavy (non-hydrogen) atoms. The van der Waals surface area contributed by atoms with Crippen LogP contribution in [-0.2, 0) is 30.7 Å². The van der Waals surface area contributed by atoms with Gasteiger partial charge in [0, 0.05) is 28.4 Å². The van der Waals surface area contributed by atoms with E-state index >= 15 is 0 Å². The largest absolute Gasteiger partial charge is 0.350 e. The number of nitrogens with one attached hydrogen (secondary N) is 2. The fourth-order valence-corrected chi connectivity index (χ4v) is 4.22. The van der Waals surface area contributed by atoms with E-state index in [0.717, 1.165) is 46.7 Å². The third-order valence-corrected chi connectivity index (χ3v) is 5.95. The third kappa shape index (κ3) is 4.25. The lowest BCUT2D eigenvalue weighted by molar-refractivity contribution is -0.121. The van der Waals surface area contributed by atoms with Crippen molar-refractivity contribution in [2.24, 2.45) is 0 Å². The summed E-state index contributed by atoms with van der Waals surface area (Å²) < 4.78 is 1.78. The molecule has 0 aliphatic heterocycles. The minimum atomic E-state index is -0.0823. The number of benzene rings is 3. The molecule has 160 valence electrons. The minimum Gasteiger partial charge on any atom is -0.350 e. The van der Waals surface area contributed by atoms with E-state index in [1.54, 1.807) is 4.68 Å². The summed E-state index contributed by atoms with van der Waals surface area (Å²) >= 11 is 6.05. The number of fused-ring (bicyclic) bond motifs is 3. The highest BCUT2D eigenvalue weighted by Crippen LogP contribution is 2.37. The maximum atomic E-state index is 12.8. The summed E-state index contributed by atoms with van der Waals surface area (Å²) in [5.74, 6) is 0.771. The number of rotatable bonds is 6. The van der Waals surface area contributed by atoms with Gasteiger partial charge in [-0.05, 0) is 48.2 Å². The molecule has 1 aliphatic carbocycles. The molecule has 1 amide bonds. The maximum Gasteiger partial charge on any atom is 0.242 e. The zero-order chi connectivity index (χ0) is 21.9. The molecule has 0 unspecified atom stereocenters. The first kappa shape index (κ1) is 20.3. The van der Waals surface area contributed by atoms with Crippen LogP contribution in [0, 0.1) is 0 Å². The molecule has 0 spiro atoms. The Kier molecular flexibility index (Phi) is 5.65. The normalized spacial score (nSPS) is 12.0. The van der Waals surface area contributed by atoms with Crippen LogP contribution in [0.15, 0.2) is 78.9 Å². The summed E-state index contributed by atoms with van der Waals surface area (Å²) in [5.41, 5.74) is 6.47. The predicted octanol–water partition coefficient (Wildman–Crippen LogP) is 5.36.